The van der Waals surface area contributed by atoms with Crippen LogP contribution in [0.15, 0.2) is 67.0 Å². The maximum absolute atomic E-state index is 12.4. The summed E-state index contributed by atoms with van der Waals surface area (Å²) in [5.74, 6) is -0.336. The lowest BCUT2D eigenvalue weighted by atomic mass is 10.1. The molecule has 0 atom stereocenters. The van der Waals surface area contributed by atoms with Crippen molar-refractivity contribution in [3.8, 4) is 16.9 Å². The van der Waals surface area contributed by atoms with Gasteiger partial charge in [-0.25, -0.2) is 0 Å². The van der Waals surface area contributed by atoms with Crippen LogP contribution in [0.2, 0.25) is 0 Å². The summed E-state index contributed by atoms with van der Waals surface area (Å²) in [6.07, 6.45) is -1.79. The summed E-state index contributed by atoms with van der Waals surface area (Å²) < 4.78 is 41.1. The Kier molecular flexibility index (Phi) is 4.93. The van der Waals surface area contributed by atoms with Crippen LogP contribution in [0.4, 0.5) is 30.2 Å². The fraction of sp³-hybridized carbons (Fsp3) is 0.0556. The maximum atomic E-state index is 12.4. The van der Waals surface area contributed by atoms with Crippen LogP contribution < -0.4 is 10.1 Å². The van der Waals surface area contributed by atoms with Gasteiger partial charge in [-0.2, -0.15) is 0 Å². The number of non-ortho nitro benzene ring substituents is 1. The molecule has 0 unspecified atom stereocenters. The lowest BCUT2D eigenvalue weighted by Crippen LogP contribution is -2.17. The molecule has 0 fully saturated rings. The van der Waals surface area contributed by atoms with Gasteiger partial charge in [0.05, 0.1) is 16.8 Å². The first-order valence-electron chi connectivity index (χ1n) is 7.63. The molecule has 27 heavy (non-hydrogen) atoms. The molecule has 3 aromatic rings. The Morgan fingerprint density at radius 3 is 2.48 bits per heavy atom. The summed E-state index contributed by atoms with van der Waals surface area (Å²) in [6.45, 7) is 0. The Labute approximate surface area is 151 Å². The van der Waals surface area contributed by atoms with E-state index in [9.17, 15) is 23.3 Å². The summed E-state index contributed by atoms with van der Waals surface area (Å²) in [5.41, 5.74) is 1.97. The van der Waals surface area contributed by atoms with Gasteiger partial charge in [0.15, 0.2) is 0 Å². The Morgan fingerprint density at radius 1 is 0.963 bits per heavy atom. The standard InChI is InChI=1S/C18H12F3N3O3/c19-18(20,21)27-17-6-1-3-12(8-17)13-7-15(11-22-10-13)23-14-4-2-5-16(9-14)24(25)26/h1-11,23H. The first-order valence-corrected chi connectivity index (χ1v) is 7.63. The number of rotatable bonds is 5. The summed E-state index contributed by atoms with van der Waals surface area (Å²) in [7, 11) is 0. The number of pyridine rings is 1. The lowest BCUT2D eigenvalue weighted by molar-refractivity contribution is -0.384. The molecule has 0 aliphatic carbocycles. The monoisotopic (exact) mass is 375 g/mol. The Hall–Kier alpha value is -3.62. The minimum atomic E-state index is -4.78. The average molecular weight is 375 g/mol. The van der Waals surface area contributed by atoms with Gasteiger partial charge in [0.1, 0.15) is 5.75 Å². The number of hydrogen-bond donors (Lipinski definition) is 1. The first-order chi connectivity index (χ1) is 12.8. The molecule has 0 amide bonds. The van der Waals surface area contributed by atoms with Gasteiger partial charge in [-0.3, -0.25) is 15.1 Å². The van der Waals surface area contributed by atoms with Gasteiger partial charge in [0.25, 0.3) is 5.69 Å². The van der Waals surface area contributed by atoms with Gasteiger partial charge in [0, 0.05) is 29.6 Å². The summed E-state index contributed by atoms with van der Waals surface area (Å²) in [6, 6.07) is 13.1. The number of nitro groups is 1. The van der Waals surface area contributed by atoms with E-state index in [4.69, 9.17) is 0 Å². The van der Waals surface area contributed by atoms with Crippen molar-refractivity contribution < 1.29 is 22.8 Å². The van der Waals surface area contributed by atoms with Crippen LogP contribution in [0.1, 0.15) is 0 Å². The van der Waals surface area contributed by atoms with E-state index in [0.717, 1.165) is 0 Å². The van der Waals surface area contributed by atoms with Crippen molar-refractivity contribution in [2.45, 2.75) is 6.36 Å². The van der Waals surface area contributed by atoms with Crippen molar-refractivity contribution in [3.05, 3.63) is 77.1 Å². The molecule has 0 bridgehead atoms. The second-order valence-corrected chi connectivity index (χ2v) is 5.47. The van der Waals surface area contributed by atoms with Gasteiger partial charge in [-0.05, 0) is 29.8 Å². The van der Waals surface area contributed by atoms with Crippen LogP contribution in [0, 0.1) is 10.1 Å². The summed E-state index contributed by atoms with van der Waals surface area (Å²) in [5, 5.41) is 13.8. The molecule has 3 rings (SSSR count). The minimum Gasteiger partial charge on any atom is -0.406 e. The number of ether oxygens (including phenoxy) is 1. The molecule has 0 aliphatic rings. The van der Waals surface area contributed by atoms with Crippen molar-refractivity contribution >= 4 is 17.1 Å². The fourth-order valence-corrected chi connectivity index (χ4v) is 2.40. The largest absolute Gasteiger partial charge is 0.573 e. The van der Waals surface area contributed by atoms with Gasteiger partial charge < -0.3 is 10.1 Å². The minimum absolute atomic E-state index is 0.0684. The lowest BCUT2D eigenvalue weighted by Gasteiger charge is -2.11. The van der Waals surface area contributed by atoms with E-state index in [2.05, 4.69) is 15.0 Å². The van der Waals surface area contributed by atoms with Crippen LogP contribution >= 0.6 is 0 Å². The molecule has 9 heteroatoms. The molecule has 0 saturated heterocycles. The van der Waals surface area contributed by atoms with E-state index in [0.29, 0.717) is 22.5 Å². The van der Waals surface area contributed by atoms with Crippen molar-refractivity contribution in [2.75, 3.05) is 5.32 Å². The highest BCUT2D eigenvalue weighted by molar-refractivity contribution is 5.70. The molecule has 1 aromatic heterocycles. The van der Waals surface area contributed by atoms with Crippen LogP contribution in [0.3, 0.4) is 0 Å². The third-order valence-electron chi connectivity index (χ3n) is 3.48. The second kappa shape index (κ2) is 7.32. The zero-order valence-corrected chi connectivity index (χ0v) is 13.6. The van der Waals surface area contributed by atoms with Crippen molar-refractivity contribution in [2.24, 2.45) is 0 Å². The molecule has 0 aliphatic heterocycles. The van der Waals surface area contributed by atoms with Crippen LogP contribution in [-0.4, -0.2) is 16.3 Å². The topological polar surface area (TPSA) is 77.3 Å². The van der Waals surface area contributed by atoms with Crippen LogP contribution in [-0.2, 0) is 0 Å². The number of halogens is 3. The molecule has 1 heterocycles. The third-order valence-corrected chi connectivity index (χ3v) is 3.48. The van der Waals surface area contributed by atoms with E-state index >= 15 is 0 Å². The highest BCUT2D eigenvalue weighted by Gasteiger charge is 2.31. The number of alkyl halides is 3. The van der Waals surface area contributed by atoms with Crippen LogP contribution in [0.25, 0.3) is 11.1 Å². The first kappa shape index (κ1) is 18.2. The normalized spacial score (nSPS) is 11.1. The predicted molar refractivity (Wildman–Crippen MR) is 92.7 cm³/mol. The number of nitrogens with one attached hydrogen (secondary N) is 1. The Bertz CT molecular complexity index is 977. The van der Waals surface area contributed by atoms with E-state index in [1.165, 1.54) is 48.8 Å². The van der Waals surface area contributed by atoms with Crippen molar-refractivity contribution in [1.82, 2.24) is 4.98 Å². The third kappa shape index (κ3) is 4.94. The van der Waals surface area contributed by atoms with E-state index < -0.39 is 11.3 Å². The van der Waals surface area contributed by atoms with Crippen LogP contribution in [0.5, 0.6) is 5.75 Å². The smallest absolute Gasteiger partial charge is 0.406 e. The molecular formula is C18H12F3N3O3. The van der Waals surface area contributed by atoms with Gasteiger partial charge in [0.2, 0.25) is 0 Å². The van der Waals surface area contributed by atoms with Crippen molar-refractivity contribution in [1.29, 1.82) is 0 Å². The van der Waals surface area contributed by atoms with Gasteiger partial charge in [-0.1, -0.05) is 18.2 Å². The molecule has 1 N–H and O–H groups in total. The SMILES string of the molecule is O=[N+]([O-])c1cccc(Nc2cncc(-c3cccc(OC(F)(F)F)c3)c2)c1. The number of anilines is 2. The highest BCUT2D eigenvalue weighted by atomic mass is 19.4. The van der Waals surface area contributed by atoms with Gasteiger partial charge >= 0.3 is 6.36 Å². The number of hydrogen-bond acceptors (Lipinski definition) is 5. The molecule has 138 valence electrons. The predicted octanol–water partition coefficient (Wildman–Crippen LogP) is 5.30. The second-order valence-electron chi connectivity index (χ2n) is 5.47. The molecule has 0 saturated carbocycles. The van der Waals surface area contributed by atoms with E-state index in [-0.39, 0.29) is 11.4 Å². The molecule has 6 nitrogen and oxygen atoms in total. The van der Waals surface area contributed by atoms with E-state index in [1.807, 2.05) is 0 Å². The number of aromatic nitrogens is 1. The zero-order chi connectivity index (χ0) is 19.4. The quantitative estimate of drug-likeness (QED) is 0.484. The van der Waals surface area contributed by atoms with Gasteiger partial charge in [-0.15, -0.1) is 13.2 Å². The van der Waals surface area contributed by atoms with Crippen molar-refractivity contribution in [3.63, 3.8) is 0 Å². The maximum Gasteiger partial charge on any atom is 0.573 e. The fourth-order valence-electron chi connectivity index (χ4n) is 2.40. The highest BCUT2D eigenvalue weighted by Crippen LogP contribution is 2.29. The summed E-state index contributed by atoms with van der Waals surface area (Å²) in [4.78, 5) is 14.4. The zero-order valence-electron chi connectivity index (χ0n) is 13.6. The number of nitro benzene ring substituents is 1. The number of nitrogens with zero attached hydrogens (tertiary/aromatic N) is 2. The number of benzene rings is 2. The molecular weight excluding hydrogens is 363 g/mol. The molecule has 2 aromatic carbocycles. The average Bonchev–Trinajstić information content (AvgIpc) is 2.61. The Balaban J connectivity index is 1.85. The Morgan fingerprint density at radius 2 is 1.74 bits per heavy atom. The summed E-state index contributed by atoms with van der Waals surface area (Å²) >= 11 is 0. The molecule has 0 radical (unpaired) electrons. The molecule has 0 spiro atoms. The van der Waals surface area contributed by atoms with E-state index in [1.54, 1.807) is 18.2 Å².